The van der Waals surface area contributed by atoms with Gasteiger partial charge in [-0.05, 0) is 110 Å². The number of rotatable bonds is 10. The summed E-state index contributed by atoms with van der Waals surface area (Å²) in [5.41, 5.74) is -1.49. The molecule has 4 heterocycles. The van der Waals surface area contributed by atoms with Gasteiger partial charge in [-0.1, -0.05) is 27.7 Å². The second-order valence-electron chi connectivity index (χ2n) is 23.0. The van der Waals surface area contributed by atoms with Crippen LogP contribution in [0.5, 0.6) is 0 Å². The quantitative estimate of drug-likeness (QED) is 0.112. The van der Waals surface area contributed by atoms with Crippen LogP contribution >= 0.6 is 0 Å². The van der Waals surface area contributed by atoms with Crippen molar-refractivity contribution in [3.8, 4) is 0 Å². The molecule has 22 heteroatoms. The molecule has 8 aliphatic rings. The maximum atomic E-state index is 14.7. The van der Waals surface area contributed by atoms with Crippen molar-refractivity contribution < 1.29 is 95.4 Å². The Balaban J connectivity index is 0.778. The second-order valence-corrected chi connectivity index (χ2v) is 23.0. The molecular formula is C53H68F4N2O16. The Morgan fingerprint density at radius 3 is 2.04 bits per heavy atom. The Hall–Kier alpha value is -4.07. The summed E-state index contributed by atoms with van der Waals surface area (Å²) in [6.07, 6.45) is -14.4. The van der Waals surface area contributed by atoms with Crippen LogP contribution in [0.3, 0.4) is 0 Å². The van der Waals surface area contributed by atoms with E-state index in [1.54, 1.807) is 0 Å². The molecular weight excluding hydrogens is 997 g/mol. The van der Waals surface area contributed by atoms with Gasteiger partial charge in [0, 0.05) is 36.8 Å². The van der Waals surface area contributed by atoms with Gasteiger partial charge < -0.3 is 63.4 Å². The molecule has 0 aromatic heterocycles. The molecule has 4 aliphatic heterocycles. The van der Waals surface area contributed by atoms with Crippen molar-refractivity contribution in [2.45, 2.75) is 165 Å². The van der Waals surface area contributed by atoms with E-state index in [-0.39, 0.29) is 46.5 Å². The first-order valence-corrected chi connectivity index (χ1v) is 26.2. The number of anilines is 2. The number of carbonyl (C=O) groups is 3. The van der Waals surface area contributed by atoms with Crippen molar-refractivity contribution in [1.82, 2.24) is 0 Å². The van der Waals surface area contributed by atoms with Gasteiger partial charge in [0.15, 0.2) is 24.5 Å². The van der Waals surface area contributed by atoms with E-state index < -0.39 is 133 Å². The first kappa shape index (κ1) is 54.3. The molecule has 5 unspecified atom stereocenters. The standard InChI is InChI=1S/C53H68F4N2O16/c1-23-11-14-53(69-21-23)24(2)39-36(75-53)18-30-29-8-5-25-15-28(12-13-51(25,3)40(29)35(61)19-52(30,39)4)70-47-43(64)41(62)45(37(20-60)71-47)73-48-44(65)42(63)46(74-50(67)59-34-10-7-27(55)17-32(34)57)38(72-48)22-68-49(66)58-33-9-6-26(54)16-31(33)56/h6-7,9-10,16-17,23-25,28-30,36-48,60,62-65H,5,8,11-15,18-22H2,1-4H3,(H,58,66)(H,59,67)/t23-,24+,25+,28+,29?,30?,36?,37+,38+,39?,40?,41-,42-,43+,44+,45-,46-,47-,48+,51+,52+,53-/m1/s1. The second kappa shape index (κ2) is 21.0. The summed E-state index contributed by atoms with van der Waals surface area (Å²) in [6.45, 7) is 7.98. The first-order chi connectivity index (χ1) is 35.6. The number of benzene rings is 2. The summed E-state index contributed by atoms with van der Waals surface area (Å²) in [7, 11) is 0. The highest BCUT2D eigenvalue weighted by Gasteiger charge is 2.71. The highest BCUT2D eigenvalue weighted by atomic mass is 19.1. The van der Waals surface area contributed by atoms with Crippen LogP contribution < -0.4 is 10.6 Å². The van der Waals surface area contributed by atoms with E-state index >= 15 is 0 Å². The zero-order valence-electron chi connectivity index (χ0n) is 42.2. The van der Waals surface area contributed by atoms with Crippen LogP contribution in [0.15, 0.2) is 36.4 Å². The molecule has 4 saturated carbocycles. The van der Waals surface area contributed by atoms with Gasteiger partial charge in [0.25, 0.3) is 0 Å². The molecule has 2 aromatic carbocycles. The average Bonchev–Trinajstić information content (AvgIpc) is 3.88. The molecule has 18 nitrogen and oxygen atoms in total. The highest BCUT2D eigenvalue weighted by Crippen LogP contribution is 2.70. The minimum Gasteiger partial charge on any atom is -0.446 e. The monoisotopic (exact) mass is 1060 g/mol. The smallest absolute Gasteiger partial charge is 0.412 e. The van der Waals surface area contributed by atoms with Gasteiger partial charge >= 0.3 is 12.2 Å². The molecule has 22 atom stereocenters. The molecule has 8 fully saturated rings. The molecule has 2 amide bonds. The van der Waals surface area contributed by atoms with Crippen LogP contribution in [0.1, 0.15) is 85.5 Å². The third kappa shape index (κ3) is 9.97. The molecule has 0 bridgehead atoms. The minimum atomic E-state index is -2.14. The zero-order valence-corrected chi connectivity index (χ0v) is 42.2. The van der Waals surface area contributed by atoms with E-state index in [1.807, 2.05) is 5.32 Å². The molecule has 7 N–H and O–H groups in total. The number of hydrogen-bond acceptors (Lipinski definition) is 16. The predicted molar refractivity (Wildman–Crippen MR) is 252 cm³/mol. The van der Waals surface area contributed by atoms with Crippen LogP contribution in [0.2, 0.25) is 0 Å². The normalized spacial score (nSPS) is 44.2. The SMILES string of the molecule is C[C@@H]1CC[C@@]2(OC1)OC1CC3C4CC[C@H]5C[C@@H](O[C@@H]6O[C@@H](CO)[C@@H](O[C@@H]7O[C@@H](COC(=O)Nc8ccc(F)cc8F)[C@@H](OC(=O)Nc8ccc(F)cc8F)[C@H](O)[C@@H]7O)[C@H](O)[C@@H]6O)CC[C@]5(C)C4C(=O)C[C@]3(C)C1[C@@H]2C. The summed E-state index contributed by atoms with van der Waals surface area (Å²) >= 11 is 0. The highest BCUT2D eigenvalue weighted by molar-refractivity contribution is 5.86. The van der Waals surface area contributed by atoms with Gasteiger partial charge in [-0.3, -0.25) is 15.4 Å². The zero-order chi connectivity index (χ0) is 53.5. The lowest BCUT2D eigenvalue weighted by Crippen LogP contribution is -2.65. The number of aliphatic hydroxyl groups is 5. The lowest BCUT2D eigenvalue weighted by atomic mass is 9.44. The van der Waals surface area contributed by atoms with Crippen molar-refractivity contribution in [2.24, 2.45) is 52.3 Å². The molecule has 4 aliphatic carbocycles. The van der Waals surface area contributed by atoms with Crippen molar-refractivity contribution in [3.05, 3.63) is 59.7 Å². The van der Waals surface area contributed by atoms with Crippen molar-refractivity contribution in [2.75, 3.05) is 30.5 Å². The predicted octanol–water partition coefficient (Wildman–Crippen LogP) is 5.69. The average molecular weight is 1070 g/mol. The minimum absolute atomic E-state index is 0.0552. The fraction of sp³-hybridized carbons (Fsp3) is 0.717. The molecule has 10 rings (SSSR count). The van der Waals surface area contributed by atoms with Crippen LogP contribution in [0.4, 0.5) is 38.5 Å². The number of ether oxygens (including phenoxy) is 8. The van der Waals surface area contributed by atoms with E-state index in [1.165, 1.54) is 0 Å². The van der Waals surface area contributed by atoms with Gasteiger partial charge in [0.05, 0.1) is 36.8 Å². The van der Waals surface area contributed by atoms with Crippen LogP contribution in [0.25, 0.3) is 0 Å². The molecule has 2 aromatic rings. The number of hydrogen-bond donors (Lipinski definition) is 7. The lowest BCUT2D eigenvalue weighted by molar-refractivity contribution is -0.363. The number of amides is 2. The summed E-state index contributed by atoms with van der Waals surface area (Å²) in [5, 5.41) is 60.4. The van der Waals surface area contributed by atoms with Crippen LogP contribution in [-0.4, -0.2) is 143 Å². The topological polar surface area (TPSA) is 250 Å². The van der Waals surface area contributed by atoms with Crippen molar-refractivity contribution in [1.29, 1.82) is 0 Å². The fourth-order valence-corrected chi connectivity index (χ4v) is 14.9. The fourth-order valence-electron chi connectivity index (χ4n) is 14.9. The van der Waals surface area contributed by atoms with Gasteiger partial charge in [-0.15, -0.1) is 0 Å². The number of carbonyl (C=O) groups excluding carboxylic acids is 3. The Kier molecular flexibility index (Phi) is 15.2. The Labute approximate surface area is 431 Å². The van der Waals surface area contributed by atoms with E-state index in [0.29, 0.717) is 62.0 Å². The first-order valence-electron chi connectivity index (χ1n) is 26.2. The van der Waals surface area contributed by atoms with E-state index in [9.17, 15) is 57.5 Å². The van der Waals surface area contributed by atoms with Gasteiger partial charge in [-0.2, -0.15) is 0 Å². The number of Topliss-reactive ketones (excluding diaryl/α,β-unsaturated/α-hetero) is 1. The molecule has 75 heavy (non-hydrogen) atoms. The number of fused-ring (bicyclic) bond motifs is 7. The third-order valence-electron chi connectivity index (χ3n) is 18.6. The maximum Gasteiger partial charge on any atom is 0.412 e. The summed E-state index contributed by atoms with van der Waals surface area (Å²) in [5.74, 6) is -2.98. The van der Waals surface area contributed by atoms with Crippen LogP contribution in [-0.2, 0) is 42.7 Å². The molecule has 4 saturated heterocycles. The number of nitrogens with one attached hydrogen (secondary N) is 2. The molecule has 414 valence electrons. The number of halogens is 4. The van der Waals surface area contributed by atoms with Gasteiger partial charge in [0.2, 0.25) is 0 Å². The van der Waals surface area contributed by atoms with Crippen LogP contribution in [0, 0.1) is 75.5 Å². The summed E-state index contributed by atoms with van der Waals surface area (Å²) < 4.78 is 104. The van der Waals surface area contributed by atoms with Crippen molar-refractivity contribution >= 4 is 29.3 Å². The van der Waals surface area contributed by atoms with E-state index in [2.05, 4.69) is 33.0 Å². The largest absolute Gasteiger partial charge is 0.446 e. The third-order valence-corrected chi connectivity index (χ3v) is 18.6. The van der Waals surface area contributed by atoms with E-state index in [4.69, 9.17) is 37.9 Å². The Morgan fingerprint density at radius 2 is 1.40 bits per heavy atom. The molecule has 1 spiro atoms. The Morgan fingerprint density at radius 1 is 0.760 bits per heavy atom. The van der Waals surface area contributed by atoms with Gasteiger partial charge in [0.1, 0.15) is 78.4 Å². The summed E-state index contributed by atoms with van der Waals surface area (Å²) in [6, 6.07) is 4.49. The number of ketones is 1. The number of aliphatic hydroxyl groups excluding tert-OH is 5. The Bertz CT molecular complexity index is 2450. The van der Waals surface area contributed by atoms with Crippen molar-refractivity contribution in [3.63, 3.8) is 0 Å². The molecule has 0 radical (unpaired) electrons. The van der Waals surface area contributed by atoms with Gasteiger partial charge in [-0.25, -0.2) is 27.2 Å². The van der Waals surface area contributed by atoms with E-state index in [0.717, 1.165) is 56.4 Å². The summed E-state index contributed by atoms with van der Waals surface area (Å²) in [4.78, 5) is 40.4. The lowest BCUT2D eigenvalue weighted by Gasteiger charge is -2.60. The maximum absolute atomic E-state index is 14.7.